The molecule has 1 aliphatic carbocycles. The van der Waals surface area contributed by atoms with Gasteiger partial charge >= 0.3 is 0 Å². The molecule has 6 nitrogen and oxygen atoms in total. The van der Waals surface area contributed by atoms with Crippen molar-refractivity contribution in [1.29, 1.82) is 0 Å². The molecule has 1 aliphatic rings. The van der Waals surface area contributed by atoms with E-state index in [1.165, 1.54) is 0 Å². The molecule has 0 unspecified atom stereocenters. The molecule has 0 spiro atoms. The molecule has 0 radical (unpaired) electrons. The van der Waals surface area contributed by atoms with Crippen LogP contribution in [0.5, 0.6) is 0 Å². The van der Waals surface area contributed by atoms with E-state index < -0.39 is 5.54 Å². The minimum atomic E-state index is -0.440. The number of aromatic nitrogens is 2. The summed E-state index contributed by atoms with van der Waals surface area (Å²) in [6, 6.07) is 7.26. The Labute approximate surface area is 134 Å². The van der Waals surface area contributed by atoms with E-state index in [4.69, 9.17) is 10.3 Å². The van der Waals surface area contributed by atoms with Gasteiger partial charge in [-0.05, 0) is 36.6 Å². The highest BCUT2D eigenvalue weighted by Crippen LogP contribution is 2.34. The summed E-state index contributed by atoms with van der Waals surface area (Å²) in [5.41, 5.74) is 7.44. The minimum absolute atomic E-state index is 0.105. The molecule has 0 bridgehead atoms. The first-order valence-corrected chi connectivity index (χ1v) is 7.74. The van der Waals surface area contributed by atoms with E-state index in [0.717, 1.165) is 31.2 Å². The lowest BCUT2D eigenvalue weighted by Gasteiger charge is -2.17. The molecule has 120 valence electrons. The van der Waals surface area contributed by atoms with E-state index in [2.05, 4.69) is 15.5 Å². The van der Waals surface area contributed by atoms with Gasteiger partial charge in [-0.2, -0.15) is 4.98 Å². The molecule has 1 amide bonds. The lowest BCUT2D eigenvalue weighted by molar-refractivity contribution is 0.0963. The maximum Gasteiger partial charge on any atom is 0.251 e. The van der Waals surface area contributed by atoms with Gasteiger partial charge in [0.15, 0.2) is 5.82 Å². The van der Waals surface area contributed by atoms with Crippen LogP contribution >= 0.6 is 0 Å². The zero-order valence-electron chi connectivity index (χ0n) is 13.1. The van der Waals surface area contributed by atoms with E-state index in [1.807, 2.05) is 18.2 Å². The van der Waals surface area contributed by atoms with Gasteiger partial charge in [0.05, 0.1) is 5.54 Å². The second-order valence-electron chi connectivity index (χ2n) is 5.85. The van der Waals surface area contributed by atoms with E-state index in [9.17, 15) is 4.79 Å². The SMILES string of the molecule is CNC(=O)c1ccc(/C=C/c2nc(C3(N)CCCC3)no2)cc1. The Bertz CT molecular complexity index is 712. The zero-order valence-corrected chi connectivity index (χ0v) is 13.1. The molecule has 1 aromatic carbocycles. The topological polar surface area (TPSA) is 94.0 Å². The zero-order chi connectivity index (χ0) is 16.3. The van der Waals surface area contributed by atoms with Crippen LogP contribution in [0, 0.1) is 0 Å². The standard InChI is InChI=1S/C17H20N4O2/c1-19-15(22)13-7-4-12(5-8-13)6-9-14-20-16(21-23-14)17(18)10-2-3-11-17/h4-9H,2-3,10-11,18H2,1H3,(H,19,22)/b9-6+. The number of amides is 1. The molecular weight excluding hydrogens is 292 g/mol. The van der Waals surface area contributed by atoms with E-state index >= 15 is 0 Å². The summed E-state index contributed by atoms with van der Waals surface area (Å²) in [5.74, 6) is 0.920. The van der Waals surface area contributed by atoms with Gasteiger partial charge in [0.2, 0.25) is 0 Å². The molecular formula is C17H20N4O2. The third-order valence-electron chi connectivity index (χ3n) is 4.20. The number of hydrogen-bond donors (Lipinski definition) is 2. The number of carbonyl (C=O) groups excluding carboxylic acids is 1. The Balaban J connectivity index is 1.71. The molecule has 0 atom stereocenters. The fourth-order valence-corrected chi connectivity index (χ4v) is 2.79. The van der Waals surface area contributed by atoms with E-state index in [0.29, 0.717) is 17.3 Å². The number of rotatable bonds is 4. The van der Waals surface area contributed by atoms with Crippen molar-refractivity contribution in [2.45, 2.75) is 31.2 Å². The predicted molar refractivity (Wildman–Crippen MR) is 87.4 cm³/mol. The fraction of sp³-hybridized carbons (Fsp3) is 0.353. The Kier molecular flexibility index (Phi) is 4.25. The molecule has 3 rings (SSSR count). The third-order valence-corrected chi connectivity index (χ3v) is 4.20. The lowest BCUT2D eigenvalue weighted by atomic mass is 9.99. The Morgan fingerprint density at radius 1 is 1.26 bits per heavy atom. The minimum Gasteiger partial charge on any atom is -0.355 e. The summed E-state index contributed by atoms with van der Waals surface area (Å²) in [6.07, 6.45) is 7.63. The largest absolute Gasteiger partial charge is 0.355 e. The average Bonchev–Trinajstić information content (AvgIpc) is 3.22. The van der Waals surface area contributed by atoms with E-state index in [1.54, 1.807) is 25.3 Å². The summed E-state index contributed by atoms with van der Waals surface area (Å²) in [6.45, 7) is 0. The van der Waals surface area contributed by atoms with Gasteiger partial charge in [0.1, 0.15) is 0 Å². The van der Waals surface area contributed by atoms with Gasteiger partial charge in [0.25, 0.3) is 11.8 Å². The molecule has 3 N–H and O–H groups in total. The van der Waals surface area contributed by atoms with Crippen molar-refractivity contribution in [1.82, 2.24) is 15.5 Å². The van der Waals surface area contributed by atoms with Gasteiger partial charge in [0, 0.05) is 18.7 Å². The Morgan fingerprint density at radius 3 is 2.61 bits per heavy atom. The number of nitrogens with zero attached hydrogens (tertiary/aromatic N) is 2. The molecule has 2 aromatic rings. The first kappa shape index (κ1) is 15.4. The van der Waals surface area contributed by atoms with E-state index in [-0.39, 0.29) is 5.91 Å². The first-order chi connectivity index (χ1) is 11.1. The summed E-state index contributed by atoms with van der Waals surface area (Å²) >= 11 is 0. The summed E-state index contributed by atoms with van der Waals surface area (Å²) in [7, 11) is 1.61. The van der Waals surface area contributed by atoms with Gasteiger partial charge in [-0.25, -0.2) is 0 Å². The smallest absolute Gasteiger partial charge is 0.251 e. The molecule has 23 heavy (non-hydrogen) atoms. The van der Waals surface area contributed by atoms with Crippen molar-refractivity contribution in [2.75, 3.05) is 7.05 Å². The molecule has 1 saturated carbocycles. The highest BCUT2D eigenvalue weighted by Gasteiger charge is 2.35. The van der Waals surface area contributed by atoms with Crippen molar-refractivity contribution in [3.63, 3.8) is 0 Å². The van der Waals surface area contributed by atoms with Gasteiger partial charge in [-0.15, -0.1) is 0 Å². The molecule has 6 heteroatoms. The van der Waals surface area contributed by atoms with Crippen molar-refractivity contribution < 1.29 is 9.32 Å². The highest BCUT2D eigenvalue weighted by molar-refractivity contribution is 5.94. The number of nitrogens with one attached hydrogen (secondary N) is 1. The van der Waals surface area contributed by atoms with Crippen LogP contribution in [0.15, 0.2) is 28.8 Å². The number of nitrogens with two attached hydrogens (primary N) is 1. The number of carbonyl (C=O) groups is 1. The van der Waals surface area contributed by atoms with Crippen LogP contribution in [0.4, 0.5) is 0 Å². The van der Waals surface area contributed by atoms with Crippen LogP contribution in [0.2, 0.25) is 0 Å². The Hall–Kier alpha value is -2.47. The third kappa shape index (κ3) is 3.32. The molecule has 1 aromatic heterocycles. The predicted octanol–water partition coefficient (Wildman–Crippen LogP) is 2.33. The quantitative estimate of drug-likeness (QED) is 0.903. The van der Waals surface area contributed by atoms with Crippen LogP contribution < -0.4 is 11.1 Å². The number of benzene rings is 1. The second-order valence-corrected chi connectivity index (χ2v) is 5.85. The molecule has 0 saturated heterocycles. The van der Waals surface area contributed by atoms with Crippen LogP contribution in [0.25, 0.3) is 12.2 Å². The van der Waals surface area contributed by atoms with Gasteiger partial charge in [-0.3, -0.25) is 4.79 Å². The van der Waals surface area contributed by atoms with Crippen molar-refractivity contribution >= 4 is 18.1 Å². The maximum atomic E-state index is 11.5. The summed E-state index contributed by atoms with van der Waals surface area (Å²) in [4.78, 5) is 15.9. The van der Waals surface area contributed by atoms with Crippen LogP contribution in [-0.4, -0.2) is 23.1 Å². The Morgan fingerprint density at radius 2 is 1.96 bits per heavy atom. The summed E-state index contributed by atoms with van der Waals surface area (Å²) < 4.78 is 5.25. The normalized spacial score (nSPS) is 16.8. The summed E-state index contributed by atoms with van der Waals surface area (Å²) in [5, 5.41) is 6.60. The van der Waals surface area contributed by atoms with Crippen LogP contribution in [0.3, 0.4) is 0 Å². The fourth-order valence-electron chi connectivity index (χ4n) is 2.79. The monoisotopic (exact) mass is 312 g/mol. The van der Waals surface area contributed by atoms with Crippen molar-refractivity contribution in [3.05, 3.63) is 47.1 Å². The molecule has 1 fully saturated rings. The van der Waals surface area contributed by atoms with Gasteiger partial charge < -0.3 is 15.6 Å². The highest BCUT2D eigenvalue weighted by atomic mass is 16.5. The average molecular weight is 312 g/mol. The van der Waals surface area contributed by atoms with Gasteiger partial charge in [-0.1, -0.05) is 30.1 Å². The first-order valence-electron chi connectivity index (χ1n) is 7.74. The maximum absolute atomic E-state index is 11.5. The number of hydrogen-bond acceptors (Lipinski definition) is 5. The second kappa shape index (κ2) is 6.34. The van der Waals surface area contributed by atoms with Crippen molar-refractivity contribution in [2.24, 2.45) is 5.73 Å². The lowest BCUT2D eigenvalue weighted by Crippen LogP contribution is -2.34. The van der Waals surface area contributed by atoms with Crippen molar-refractivity contribution in [3.8, 4) is 0 Å². The molecule has 1 heterocycles. The van der Waals surface area contributed by atoms with Crippen LogP contribution in [-0.2, 0) is 5.54 Å². The van der Waals surface area contributed by atoms with Crippen LogP contribution in [0.1, 0.15) is 53.3 Å². The molecule has 0 aliphatic heterocycles.